The molecule has 2 aromatic rings. The van der Waals surface area contributed by atoms with Crippen molar-refractivity contribution in [1.82, 2.24) is 0 Å². The monoisotopic (exact) mass is 371 g/mol. The Morgan fingerprint density at radius 1 is 1.08 bits per heavy atom. The third kappa shape index (κ3) is 2.87. The molecule has 0 aliphatic carbocycles. The molecule has 4 rings (SSSR count). The summed E-state index contributed by atoms with van der Waals surface area (Å²) in [4.78, 5) is 2.45. The first-order chi connectivity index (χ1) is 12.1. The topological polar surface area (TPSA) is 23.8 Å². The van der Waals surface area contributed by atoms with E-state index in [9.17, 15) is 5.26 Å². The zero-order chi connectivity index (χ0) is 17.5. The summed E-state index contributed by atoms with van der Waals surface area (Å²) in [6.45, 7) is 0. The predicted molar refractivity (Wildman–Crippen MR) is 106 cm³/mol. The quantitative estimate of drug-likeness (QED) is 0.659. The van der Waals surface area contributed by atoms with Crippen LogP contribution in [0.25, 0.3) is 0 Å². The number of fused-ring (bicyclic) bond motifs is 2. The summed E-state index contributed by atoms with van der Waals surface area (Å²) >= 11 is 3.49. The summed E-state index contributed by atoms with van der Waals surface area (Å²) in [7, 11) is 4.86. The molecule has 0 radical (unpaired) electrons. The molecule has 2 aliphatic rings. The molecule has 2 aliphatic heterocycles. The van der Waals surface area contributed by atoms with Crippen molar-refractivity contribution < 1.29 is 4.48 Å². The second-order valence-corrected chi connectivity index (χ2v) is 10.3. The van der Waals surface area contributed by atoms with Gasteiger partial charge < -0.3 is 4.48 Å². The first-order valence-corrected chi connectivity index (χ1v) is 11.1. The van der Waals surface area contributed by atoms with Crippen molar-refractivity contribution in [1.29, 1.82) is 5.26 Å². The Labute approximate surface area is 159 Å². The Morgan fingerprint density at radius 3 is 2.08 bits per heavy atom. The summed E-state index contributed by atoms with van der Waals surface area (Å²) in [5, 5.41) is 14.5. The highest BCUT2D eigenvalue weighted by Gasteiger charge is 2.49. The van der Waals surface area contributed by atoms with Crippen LogP contribution in [0.4, 0.5) is 0 Å². The lowest BCUT2D eigenvalue weighted by atomic mass is 9.69. The number of nitriles is 1. The van der Waals surface area contributed by atoms with Crippen LogP contribution in [0.1, 0.15) is 48.3 Å². The maximum Gasteiger partial charge on any atom is 0.126 e. The molecule has 2 saturated heterocycles. The Kier molecular flexibility index (Phi) is 4.52. The van der Waals surface area contributed by atoms with Gasteiger partial charge in [0.05, 0.1) is 32.2 Å². The maximum atomic E-state index is 10.3. The van der Waals surface area contributed by atoms with Gasteiger partial charge in [-0.15, -0.1) is 22.7 Å². The van der Waals surface area contributed by atoms with Crippen molar-refractivity contribution in [2.24, 2.45) is 5.92 Å². The molecule has 0 saturated carbocycles. The van der Waals surface area contributed by atoms with Crippen molar-refractivity contribution in [3.8, 4) is 6.07 Å². The molecular weight excluding hydrogens is 344 g/mol. The van der Waals surface area contributed by atoms with Crippen molar-refractivity contribution in [3.63, 3.8) is 0 Å². The van der Waals surface area contributed by atoms with Crippen LogP contribution < -0.4 is 0 Å². The van der Waals surface area contributed by atoms with Crippen LogP contribution in [0.2, 0.25) is 0 Å². The molecule has 0 amide bonds. The Hall–Kier alpha value is -1.15. The second kappa shape index (κ2) is 6.54. The molecule has 0 spiro atoms. The van der Waals surface area contributed by atoms with E-state index >= 15 is 0 Å². The second-order valence-electron chi connectivity index (χ2n) is 8.38. The largest absolute Gasteiger partial charge is 0.324 e. The van der Waals surface area contributed by atoms with E-state index in [-0.39, 0.29) is 0 Å². The van der Waals surface area contributed by atoms with Crippen LogP contribution in [0, 0.1) is 17.2 Å². The van der Waals surface area contributed by atoms with Crippen LogP contribution >= 0.6 is 22.7 Å². The SMILES string of the molecule is C[N+]1(C)C2CCCC1CC(CC(C#N)(c1cccs1)c1cccs1)C2. The standard InChI is InChI=1S/C21H27N2S2/c1-23(2)17-6-3-7-18(23)13-16(12-17)14-21(15-22,19-8-4-10-24-19)20-9-5-11-25-20/h4-5,8-11,16-18H,3,6-7,12-14H2,1-2H3/q+1. The van der Waals surface area contributed by atoms with Gasteiger partial charge in [0, 0.05) is 22.6 Å². The molecule has 0 N–H and O–H groups in total. The van der Waals surface area contributed by atoms with Crippen molar-refractivity contribution in [2.45, 2.75) is 56.0 Å². The van der Waals surface area contributed by atoms with Gasteiger partial charge in [-0.1, -0.05) is 12.1 Å². The minimum absolute atomic E-state index is 0.449. The van der Waals surface area contributed by atoms with Gasteiger partial charge in [0.1, 0.15) is 5.41 Å². The third-order valence-electron chi connectivity index (χ3n) is 6.84. The zero-order valence-corrected chi connectivity index (χ0v) is 16.8. The van der Waals surface area contributed by atoms with E-state index < -0.39 is 5.41 Å². The summed E-state index contributed by atoms with van der Waals surface area (Å²) in [5.74, 6) is 0.658. The van der Waals surface area contributed by atoms with Crippen LogP contribution in [-0.2, 0) is 5.41 Å². The average molecular weight is 372 g/mol. The lowest BCUT2D eigenvalue weighted by Crippen LogP contribution is -2.62. The predicted octanol–water partition coefficient (Wildman–Crippen LogP) is 5.42. The minimum atomic E-state index is -0.449. The molecule has 2 atom stereocenters. The number of hydrogen-bond acceptors (Lipinski definition) is 3. The molecule has 2 fully saturated rings. The van der Waals surface area contributed by atoms with E-state index in [0.717, 1.165) is 18.5 Å². The fourth-order valence-corrected chi connectivity index (χ4v) is 7.19. The van der Waals surface area contributed by atoms with Gasteiger partial charge in [-0.2, -0.15) is 5.26 Å². The zero-order valence-electron chi connectivity index (χ0n) is 15.1. The van der Waals surface area contributed by atoms with Gasteiger partial charge in [-0.25, -0.2) is 0 Å². The molecule has 2 bridgehead atoms. The number of rotatable bonds is 4. The van der Waals surface area contributed by atoms with E-state index in [2.05, 4.69) is 55.2 Å². The molecule has 132 valence electrons. The first-order valence-electron chi connectivity index (χ1n) is 9.39. The van der Waals surface area contributed by atoms with Gasteiger partial charge in [0.25, 0.3) is 0 Å². The van der Waals surface area contributed by atoms with Crippen molar-refractivity contribution in [2.75, 3.05) is 14.1 Å². The Balaban J connectivity index is 1.66. The van der Waals surface area contributed by atoms with Gasteiger partial charge in [-0.05, 0) is 54.5 Å². The molecule has 4 heteroatoms. The van der Waals surface area contributed by atoms with E-state index in [1.807, 2.05) is 0 Å². The minimum Gasteiger partial charge on any atom is -0.324 e. The van der Waals surface area contributed by atoms with Crippen molar-refractivity contribution >= 4 is 22.7 Å². The average Bonchev–Trinajstić information content (AvgIpc) is 3.27. The first kappa shape index (κ1) is 17.3. The fourth-order valence-electron chi connectivity index (χ4n) is 5.32. The molecule has 25 heavy (non-hydrogen) atoms. The smallest absolute Gasteiger partial charge is 0.126 e. The molecule has 4 heterocycles. The maximum absolute atomic E-state index is 10.3. The molecule has 2 aromatic heterocycles. The van der Waals surface area contributed by atoms with Gasteiger partial charge in [-0.3, -0.25) is 0 Å². The summed E-state index contributed by atoms with van der Waals surface area (Å²) in [6, 6.07) is 12.8. The normalized spacial score (nSPS) is 28.4. The lowest BCUT2D eigenvalue weighted by Gasteiger charge is -2.54. The number of thiophene rings is 2. The van der Waals surface area contributed by atoms with E-state index in [0.29, 0.717) is 5.92 Å². The summed E-state index contributed by atoms with van der Waals surface area (Å²) < 4.78 is 1.20. The van der Waals surface area contributed by atoms with Gasteiger partial charge >= 0.3 is 0 Å². The number of nitrogens with zero attached hydrogens (tertiary/aromatic N) is 2. The highest BCUT2D eigenvalue weighted by atomic mass is 32.1. The summed E-state index contributed by atoms with van der Waals surface area (Å²) in [6.07, 6.45) is 7.66. The van der Waals surface area contributed by atoms with Crippen LogP contribution in [0.3, 0.4) is 0 Å². The van der Waals surface area contributed by atoms with Gasteiger partial charge in [0.15, 0.2) is 0 Å². The molecule has 2 unspecified atom stereocenters. The molecule has 2 nitrogen and oxygen atoms in total. The van der Waals surface area contributed by atoms with Crippen LogP contribution in [0.5, 0.6) is 0 Å². The third-order valence-corrected chi connectivity index (χ3v) is 8.90. The fraction of sp³-hybridized carbons (Fsp3) is 0.571. The van der Waals surface area contributed by atoms with E-state index in [4.69, 9.17) is 0 Å². The number of piperidine rings is 2. The Morgan fingerprint density at radius 2 is 1.64 bits per heavy atom. The molecule has 0 aromatic carbocycles. The lowest BCUT2D eigenvalue weighted by molar-refractivity contribution is -0.950. The van der Waals surface area contributed by atoms with Crippen molar-refractivity contribution in [3.05, 3.63) is 44.8 Å². The highest BCUT2D eigenvalue weighted by molar-refractivity contribution is 7.11. The Bertz CT molecular complexity index is 689. The van der Waals surface area contributed by atoms with E-state index in [1.54, 1.807) is 22.7 Å². The molecular formula is C21H27N2S2+. The van der Waals surface area contributed by atoms with Crippen LogP contribution in [-0.4, -0.2) is 30.7 Å². The van der Waals surface area contributed by atoms with E-state index in [1.165, 1.54) is 46.3 Å². The van der Waals surface area contributed by atoms with Crippen LogP contribution in [0.15, 0.2) is 35.0 Å². The van der Waals surface area contributed by atoms with Gasteiger partial charge in [0.2, 0.25) is 0 Å². The number of hydrogen-bond donors (Lipinski definition) is 0. The highest BCUT2D eigenvalue weighted by Crippen LogP contribution is 2.48. The number of quaternary nitrogens is 1. The summed E-state index contributed by atoms with van der Waals surface area (Å²) in [5.41, 5.74) is -0.449.